The van der Waals surface area contributed by atoms with Crippen LogP contribution >= 0.6 is 0 Å². The van der Waals surface area contributed by atoms with Crippen molar-refractivity contribution in [1.82, 2.24) is 20.9 Å². The largest absolute Gasteiger partial charge is 0.378 e. The molecule has 0 atom stereocenters. The first-order chi connectivity index (χ1) is 10.6. The van der Waals surface area contributed by atoms with E-state index in [9.17, 15) is 0 Å². The predicted octanol–water partition coefficient (Wildman–Crippen LogP) is 0.563. The third-order valence-corrected chi connectivity index (χ3v) is 3.17. The van der Waals surface area contributed by atoms with Gasteiger partial charge < -0.3 is 19.5 Å². The van der Waals surface area contributed by atoms with Gasteiger partial charge in [-0.05, 0) is 6.92 Å². The fourth-order valence-electron chi connectivity index (χ4n) is 1.85. The van der Waals surface area contributed by atoms with Crippen molar-refractivity contribution in [2.45, 2.75) is 26.8 Å². The van der Waals surface area contributed by atoms with Crippen molar-refractivity contribution in [2.24, 2.45) is 0 Å². The molecule has 0 amide bonds. The molecule has 130 valence electrons. The van der Waals surface area contributed by atoms with Crippen LogP contribution in [0.3, 0.4) is 0 Å². The molecule has 0 spiro atoms. The van der Waals surface area contributed by atoms with E-state index in [4.69, 9.17) is 14.2 Å². The van der Waals surface area contributed by atoms with Gasteiger partial charge in [-0.2, -0.15) is 0 Å². The number of nitrogens with one attached hydrogen (secondary N) is 2. The van der Waals surface area contributed by atoms with Gasteiger partial charge in [-0.15, -0.1) is 5.53 Å². The summed E-state index contributed by atoms with van der Waals surface area (Å²) < 4.78 is 16.4. The number of nitrogens with zero attached hydrogens (tertiary/aromatic N) is 2. The van der Waals surface area contributed by atoms with E-state index < -0.39 is 0 Å². The number of rotatable bonds is 13. The lowest BCUT2D eigenvalue weighted by Gasteiger charge is -2.19. The van der Waals surface area contributed by atoms with E-state index in [-0.39, 0.29) is 0 Å². The Morgan fingerprint density at radius 2 is 1.64 bits per heavy atom. The molecule has 7 nitrogen and oxygen atoms in total. The summed E-state index contributed by atoms with van der Waals surface area (Å²) in [5.41, 5.74) is 4.37. The predicted molar refractivity (Wildman–Crippen MR) is 87.0 cm³/mol. The van der Waals surface area contributed by atoms with Crippen molar-refractivity contribution in [1.29, 1.82) is 0 Å². The van der Waals surface area contributed by atoms with Crippen molar-refractivity contribution < 1.29 is 14.2 Å². The van der Waals surface area contributed by atoms with Gasteiger partial charge in [0.25, 0.3) is 0 Å². The van der Waals surface area contributed by atoms with Gasteiger partial charge in [0.15, 0.2) is 0 Å². The van der Waals surface area contributed by atoms with E-state index in [0.29, 0.717) is 39.1 Å². The minimum absolute atomic E-state index is 0.507. The van der Waals surface area contributed by atoms with E-state index in [2.05, 4.69) is 37.8 Å². The van der Waals surface area contributed by atoms with Crippen LogP contribution in [0.5, 0.6) is 0 Å². The molecular formula is C15H32N4O3. The average molecular weight is 316 g/mol. The van der Waals surface area contributed by atoms with E-state index in [1.807, 2.05) is 17.1 Å². The molecule has 0 aromatic rings. The molecule has 7 heteroatoms. The third kappa shape index (κ3) is 9.22. The summed E-state index contributed by atoms with van der Waals surface area (Å²) in [6, 6.07) is 0.507. The Morgan fingerprint density at radius 1 is 1.05 bits per heavy atom. The van der Waals surface area contributed by atoms with E-state index >= 15 is 0 Å². The first-order valence-electron chi connectivity index (χ1n) is 8.01. The maximum absolute atomic E-state index is 5.53. The molecule has 0 fully saturated rings. The highest BCUT2D eigenvalue weighted by molar-refractivity contribution is 4.98. The van der Waals surface area contributed by atoms with Gasteiger partial charge in [0, 0.05) is 31.5 Å². The number of hydrogen-bond acceptors (Lipinski definition) is 7. The summed E-state index contributed by atoms with van der Waals surface area (Å²) in [6.07, 6.45) is 2.06. The normalized spacial score (nSPS) is 15.0. The van der Waals surface area contributed by atoms with Gasteiger partial charge >= 0.3 is 0 Å². The molecule has 0 bridgehead atoms. The zero-order chi connectivity index (χ0) is 16.2. The molecule has 0 saturated heterocycles. The molecule has 0 unspecified atom stereocenters. The summed E-state index contributed by atoms with van der Waals surface area (Å²) in [5.74, 6) is 0. The standard InChI is InChI=1S/C15H32N4O3/c1-14(2)16-5-7-20-9-11-22-12-10-21-8-6-19-13-15(3)18(4)17-19/h13-14,16-17H,5-12H2,1-4H3. The molecule has 0 radical (unpaired) electrons. The molecule has 0 aromatic heterocycles. The van der Waals surface area contributed by atoms with Gasteiger partial charge in [-0.25, -0.2) is 0 Å². The fourth-order valence-corrected chi connectivity index (χ4v) is 1.85. The molecule has 22 heavy (non-hydrogen) atoms. The summed E-state index contributed by atoms with van der Waals surface area (Å²) in [7, 11) is 1.99. The topological polar surface area (TPSA) is 58.2 Å². The summed E-state index contributed by atoms with van der Waals surface area (Å²) in [5, 5.41) is 7.28. The highest BCUT2D eigenvalue weighted by Crippen LogP contribution is 2.06. The molecule has 1 rings (SSSR count). The number of hydrazine groups is 2. The molecular weight excluding hydrogens is 284 g/mol. The Kier molecular flexibility index (Phi) is 10.2. The molecule has 0 saturated carbocycles. The zero-order valence-corrected chi connectivity index (χ0v) is 14.4. The Labute approximate surface area is 134 Å². The second-order valence-corrected chi connectivity index (χ2v) is 5.57. The van der Waals surface area contributed by atoms with Crippen LogP contribution in [0.2, 0.25) is 0 Å². The number of hydrogen-bond donors (Lipinski definition) is 2. The van der Waals surface area contributed by atoms with Crippen molar-refractivity contribution in [2.75, 3.05) is 59.8 Å². The monoisotopic (exact) mass is 316 g/mol. The molecule has 1 heterocycles. The first-order valence-corrected chi connectivity index (χ1v) is 8.01. The van der Waals surface area contributed by atoms with E-state index in [0.717, 1.165) is 19.7 Å². The van der Waals surface area contributed by atoms with Crippen molar-refractivity contribution in [3.8, 4) is 0 Å². The Bertz CT molecular complexity index is 313. The Balaban J connectivity index is 1.77. The second kappa shape index (κ2) is 11.7. The van der Waals surface area contributed by atoms with Crippen molar-refractivity contribution in [3.63, 3.8) is 0 Å². The SMILES string of the molecule is CC1=CN(CCOCCOCCOCCNC(C)C)NN1C. The van der Waals surface area contributed by atoms with Crippen LogP contribution in [0, 0.1) is 0 Å². The van der Waals surface area contributed by atoms with Gasteiger partial charge in [0.2, 0.25) is 0 Å². The lowest BCUT2D eigenvalue weighted by atomic mass is 10.4. The molecule has 2 N–H and O–H groups in total. The maximum Gasteiger partial charge on any atom is 0.0701 e. The maximum atomic E-state index is 5.53. The van der Waals surface area contributed by atoms with Crippen LogP contribution in [0.15, 0.2) is 11.9 Å². The highest BCUT2D eigenvalue weighted by atomic mass is 16.5. The van der Waals surface area contributed by atoms with Gasteiger partial charge in [-0.1, -0.05) is 13.8 Å². The Morgan fingerprint density at radius 3 is 2.18 bits per heavy atom. The van der Waals surface area contributed by atoms with E-state index in [1.165, 1.54) is 5.70 Å². The summed E-state index contributed by atoms with van der Waals surface area (Å²) in [6.45, 7) is 11.9. The minimum Gasteiger partial charge on any atom is -0.378 e. The van der Waals surface area contributed by atoms with Crippen LogP contribution in [0.25, 0.3) is 0 Å². The van der Waals surface area contributed by atoms with Crippen molar-refractivity contribution >= 4 is 0 Å². The number of ether oxygens (including phenoxy) is 3. The van der Waals surface area contributed by atoms with Crippen molar-refractivity contribution in [3.05, 3.63) is 11.9 Å². The van der Waals surface area contributed by atoms with Gasteiger partial charge in [0.05, 0.1) is 46.2 Å². The Hall–Kier alpha value is -0.860. The zero-order valence-electron chi connectivity index (χ0n) is 14.4. The quantitative estimate of drug-likeness (QED) is 0.482. The molecule has 1 aliphatic heterocycles. The summed E-state index contributed by atoms with van der Waals surface area (Å²) >= 11 is 0. The van der Waals surface area contributed by atoms with Crippen LogP contribution in [0.4, 0.5) is 0 Å². The van der Waals surface area contributed by atoms with Crippen LogP contribution in [0.1, 0.15) is 20.8 Å². The second-order valence-electron chi connectivity index (χ2n) is 5.57. The first kappa shape index (κ1) is 19.2. The highest BCUT2D eigenvalue weighted by Gasteiger charge is 2.11. The van der Waals surface area contributed by atoms with Crippen LogP contribution in [-0.2, 0) is 14.2 Å². The third-order valence-electron chi connectivity index (χ3n) is 3.17. The van der Waals surface area contributed by atoms with Gasteiger partial charge in [-0.3, -0.25) is 10.0 Å². The molecule has 0 aliphatic carbocycles. The average Bonchev–Trinajstić information content (AvgIpc) is 2.78. The van der Waals surface area contributed by atoms with Crippen LogP contribution < -0.4 is 10.9 Å². The molecule has 1 aliphatic rings. The minimum atomic E-state index is 0.507. The smallest absolute Gasteiger partial charge is 0.0701 e. The lowest BCUT2D eigenvalue weighted by Crippen LogP contribution is -2.39. The van der Waals surface area contributed by atoms with Crippen LogP contribution in [-0.4, -0.2) is 75.8 Å². The summed E-state index contributed by atoms with van der Waals surface area (Å²) in [4.78, 5) is 0. The van der Waals surface area contributed by atoms with E-state index in [1.54, 1.807) is 0 Å². The van der Waals surface area contributed by atoms with Gasteiger partial charge in [0.1, 0.15) is 0 Å². The fraction of sp³-hybridized carbons (Fsp3) is 0.867. The molecule has 0 aromatic carbocycles. The lowest BCUT2D eigenvalue weighted by molar-refractivity contribution is 0.00872. The number of allylic oxidation sites excluding steroid dienone is 1.